The third-order valence-corrected chi connectivity index (χ3v) is 2.35. The average molecular weight is 210 g/mol. The van der Waals surface area contributed by atoms with E-state index in [1.54, 1.807) is 11.8 Å². The fourth-order valence-corrected chi connectivity index (χ4v) is 1.42. The second kappa shape index (κ2) is 5.66. The highest BCUT2D eigenvalue weighted by Gasteiger charge is 2.08. The van der Waals surface area contributed by atoms with Crippen molar-refractivity contribution < 1.29 is 9.53 Å². The van der Waals surface area contributed by atoms with E-state index in [0.717, 1.165) is 17.8 Å². The van der Waals surface area contributed by atoms with Crippen LogP contribution >= 0.6 is 0 Å². The quantitative estimate of drug-likeness (QED) is 0.707. The lowest BCUT2D eigenvalue weighted by Gasteiger charge is -2.00. The van der Waals surface area contributed by atoms with Gasteiger partial charge in [-0.15, -0.1) is 0 Å². The van der Waals surface area contributed by atoms with Crippen LogP contribution in [0, 0.1) is 0 Å². The number of aromatic nitrogens is 2. The molecule has 0 aliphatic heterocycles. The van der Waals surface area contributed by atoms with Crippen LogP contribution in [-0.4, -0.2) is 29.3 Å². The van der Waals surface area contributed by atoms with Gasteiger partial charge in [0.15, 0.2) is 0 Å². The van der Waals surface area contributed by atoms with Crippen LogP contribution in [0.3, 0.4) is 0 Å². The number of hydrogen-bond acceptors (Lipinski definition) is 3. The average Bonchev–Trinajstić information content (AvgIpc) is 2.57. The first-order chi connectivity index (χ1) is 7.17. The number of carbonyl (C=O) groups is 1. The summed E-state index contributed by atoms with van der Waals surface area (Å²) < 4.78 is 6.64. The van der Waals surface area contributed by atoms with E-state index in [0.29, 0.717) is 19.4 Å². The molecule has 4 nitrogen and oxygen atoms in total. The van der Waals surface area contributed by atoms with Crippen molar-refractivity contribution in [2.75, 3.05) is 13.7 Å². The number of methoxy groups -OCH3 is 1. The molecule has 1 aromatic heterocycles. The van der Waals surface area contributed by atoms with E-state index >= 15 is 0 Å². The van der Waals surface area contributed by atoms with Gasteiger partial charge in [0.05, 0.1) is 12.3 Å². The molecular formula is C11H18N2O2. The maximum Gasteiger partial charge on any atom is 0.141 e. The molecule has 0 saturated carbocycles. The smallest absolute Gasteiger partial charge is 0.141 e. The van der Waals surface area contributed by atoms with Gasteiger partial charge < -0.3 is 4.74 Å². The Morgan fingerprint density at radius 3 is 2.87 bits per heavy atom. The lowest BCUT2D eigenvalue weighted by atomic mass is 10.1. The van der Waals surface area contributed by atoms with Crippen LogP contribution in [-0.2, 0) is 29.4 Å². The molecule has 0 aliphatic carbocycles. The van der Waals surface area contributed by atoms with Gasteiger partial charge in [-0.05, 0) is 12.5 Å². The first-order valence-electron chi connectivity index (χ1n) is 5.19. The van der Waals surface area contributed by atoms with Gasteiger partial charge in [-0.2, -0.15) is 5.10 Å². The minimum absolute atomic E-state index is 0.197. The lowest BCUT2D eigenvalue weighted by Crippen LogP contribution is -2.09. The predicted molar refractivity (Wildman–Crippen MR) is 57.8 cm³/mol. The Labute approximate surface area is 90.2 Å². The Kier molecular flexibility index (Phi) is 4.49. The topological polar surface area (TPSA) is 44.1 Å². The molecule has 0 amide bonds. The lowest BCUT2D eigenvalue weighted by molar-refractivity contribution is -0.119. The number of ether oxygens (including phenoxy) is 1. The molecule has 84 valence electrons. The highest BCUT2D eigenvalue weighted by atomic mass is 16.5. The Balaban J connectivity index is 2.55. The number of carbonyl (C=O) groups excluding carboxylic acids is 1. The van der Waals surface area contributed by atoms with Gasteiger partial charge in [0.2, 0.25) is 0 Å². The van der Waals surface area contributed by atoms with E-state index in [1.165, 1.54) is 0 Å². The van der Waals surface area contributed by atoms with Crippen molar-refractivity contribution in [1.82, 2.24) is 9.78 Å². The second-order valence-electron chi connectivity index (χ2n) is 3.56. The van der Waals surface area contributed by atoms with Gasteiger partial charge >= 0.3 is 0 Å². The molecule has 0 bridgehead atoms. The van der Waals surface area contributed by atoms with Crippen molar-refractivity contribution in [3.05, 3.63) is 17.5 Å². The van der Waals surface area contributed by atoms with Crippen LogP contribution < -0.4 is 0 Å². The summed E-state index contributed by atoms with van der Waals surface area (Å²) in [6, 6.07) is 1.99. The molecule has 0 atom stereocenters. The molecule has 4 heteroatoms. The maximum atomic E-state index is 11.5. The first kappa shape index (κ1) is 11.9. The second-order valence-corrected chi connectivity index (χ2v) is 3.56. The minimum atomic E-state index is 0.197. The summed E-state index contributed by atoms with van der Waals surface area (Å²) in [7, 11) is 3.48. The zero-order valence-electron chi connectivity index (χ0n) is 9.62. The van der Waals surface area contributed by atoms with Crippen LogP contribution in [0.25, 0.3) is 0 Å². The molecule has 0 aliphatic rings. The molecule has 0 aromatic carbocycles. The van der Waals surface area contributed by atoms with Crippen molar-refractivity contribution in [2.24, 2.45) is 7.05 Å². The van der Waals surface area contributed by atoms with Gasteiger partial charge in [0, 0.05) is 32.7 Å². The molecule has 0 spiro atoms. The maximum absolute atomic E-state index is 11.5. The van der Waals surface area contributed by atoms with Gasteiger partial charge in [-0.25, -0.2) is 0 Å². The fourth-order valence-electron chi connectivity index (χ4n) is 1.42. The first-order valence-corrected chi connectivity index (χ1v) is 5.19. The van der Waals surface area contributed by atoms with Crippen LogP contribution in [0.1, 0.15) is 24.7 Å². The van der Waals surface area contributed by atoms with Crippen LogP contribution in [0.5, 0.6) is 0 Å². The third-order valence-electron chi connectivity index (χ3n) is 2.35. The van der Waals surface area contributed by atoms with E-state index in [2.05, 4.69) is 12.0 Å². The molecule has 1 aromatic rings. The molecule has 0 radical (unpaired) electrons. The normalized spacial score (nSPS) is 10.6. The van der Waals surface area contributed by atoms with Crippen LogP contribution in [0.15, 0.2) is 6.07 Å². The summed E-state index contributed by atoms with van der Waals surface area (Å²) in [6.07, 6.45) is 1.83. The molecule has 15 heavy (non-hydrogen) atoms. The highest BCUT2D eigenvalue weighted by Crippen LogP contribution is 2.06. The minimum Gasteiger partial charge on any atom is -0.384 e. The van der Waals surface area contributed by atoms with E-state index in [4.69, 9.17) is 4.74 Å². The van der Waals surface area contributed by atoms with E-state index in [-0.39, 0.29) is 5.78 Å². The van der Waals surface area contributed by atoms with E-state index < -0.39 is 0 Å². The monoisotopic (exact) mass is 210 g/mol. The fraction of sp³-hybridized carbons (Fsp3) is 0.636. The molecule has 0 N–H and O–H groups in total. The van der Waals surface area contributed by atoms with Gasteiger partial charge in [0.25, 0.3) is 0 Å². The van der Waals surface area contributed by atoms with Crippen molar-refractivity contribution in [3.63, 3.8) is 0 Å². The van der Waals surface area contributed by atoms with E-state index in [9.17, 15) is 4.79 Å². The Morgan fingerprint density at radius 1 is 1.60 bits per heavy atom. The Morgan fingerprint density at radius 2 is 2.33 bits per heavy atom. The summed E-state index contributed by atoms with van der Waals surface area (Å²) in [6.45, 7) is 2.55. The zero-order valence-corrected chi connectivity index (χ0v) is 9.62. The molecule has 0 unspecified atom stereocenters. The summed E-state index contributed by atoms with van der Waals surface area (Å²) in [5.74, 6) is 0.197. The van der Waals surface area contributed by atoms with Gasteiger partial charge in [0.1, 0.15) is 5.78 Å². The molecule has 0 saturated heterocycles. The Hall–Kier alpha value is -1.16. The number of hydrogen-bond donors (Lipinski definition) is 0. The standard InChI is InChI=1S/C11H18N2O2/c1-4-9-7-10(13(2)12-9)8-11(14)5-6-15-3/h7H,4-6,8H2,1-3H3. The summed E-state index contributed by atoms with van der Waals surface area (Å²) in [5, 5.41) is 4.30. The number of ketones is 1. The van der Waals surface area contributed by atoms with Crippen LogP contribution in [0.4, 0.5) is 0 Å². The van der Waals surface area contributed by atoms with E-state index in [1.807, 2.05) is 13.1 Å². The molecule has 1 rings (SSSR count). The molecular weight excluding hydrogens is 192 g/mol. The van der Waals surface area contributed by atoms with Crippen LogP contribution in [0.2, 0.25) is 0 Å². The predicted octanol–water partition coefficient (Wildman–Crippen LogP) is 1.13. The summed E-state index contributed by atoms with van der Waals surface area (Å²) in [5.41, 5.74) is 2.01. The SMILES string of the molecule is CCc1cc(CC(=O)CCOC)n(C)n1. The number of Topliss-reactive ketones (excluding diaryl/α,β-unsaturated/α-hetero) is 1. The van der Waals surface area contributed by atoms with Crippen molar-refractivity contribution in [1.29, 1.82) is 0 Å². The molecule has 0 fully saturated rings. The van der Waals surface area contributed by atoms with Crippen molar-refractivity contribution in [3.8, 4) is 0 Å². The Bertz CT molecular complexity index is 331. The molecule has 1 heterocycles. The third kappa shape index (κ3) is 3.47. The number of nitrogens with zero attached hydrogens (tertiary/aromatic N) is 2. The number of aryl methyl sites for hydroxylation is 2. The zero-order chi connectivity index (χ0) is 11.3. The number of rotatable bonds is 6. The highest BCUT2D eigenvalue weighted by molar-refractivity contribution is 5.80. The van der Waals surface area contributed by atoms with Gasteiger partial charge in [-0.1, -0.05) is 6.92 Å². The summed E-state index contributed by atoms with van der Waals surface area (Å²) in [4.78, 5) is 11.5. The summed E-state index contributed by atoms with van der Waals surface area (Å²) >= 11 is 0. The largest absolute Gasteiger partial charge is 0.384 e. The van der Waals surface area contributed by atoms with Crippen molar-refractivity contribution >= 4 is 5.78 Å². The van der Waals surface area contributed by atoms with Crippen molar-refractivity contribution in [2.45, 2.75) is 26.2 Å². The van der Waals surface area contributed by atoms with Gasteiger partial charge in [-0.3, -0.25) is 9.48 Å².